The van der Waals surface area contributed by atoms with E-state index in [-0.39, 0.29) is 45.6 Å². The number of hydrogen-bond donors (Lipinski definition) is 2. The van der Waals surface area contributed by atoms with Crippen LogP contribution in [0.5, 0.6) is 0 Å². The molecule has 3 unspecified atom stereocenters. The zero-order valence-corrected chi connectivity index (χ0v) is 33.2. The predicted molar refractivity (Wildman–Crippen MR) is 196 cm³/mol. The highest BCUT2D eigenvalue weighted by Gasteiger charge is 2.71. The van der Waals surface area contributed by atoms with Crippen molar-refractivity contribution in [2.45, 2.75) is 164 Å². The Kier molecular flexibility index (Phi) is 8.77. The maximum absolute atomic E-state index is 13.9. The molecule has 1 amide bonds. The van der Waals surface area contributed by atoms with Gasteiger partial charge in [0.2, 0.25) is 5.91 Å². The molecule has 6 aliphatic carbocycles. The second-order valence-corrected chi connectivity index (χ2v) is 21.5. The van der Waals surface area contributed by atoms with Crippen LogP contribution in [0, 0.1) is 73.9 Å². The first-order chi connectivity index (χ1) is 23.2. The molecule has 2 N–H and O–H groups in total. The van der Waals surface area contributed by atoms with Crippen molar-refractivity contribution in [2.24, 2.45) is 73.9 Å². The number of carbonyl (C=O) groups is 3. The van der Waals surface area contributed by atoms with Crippen LogP contribution in [-0.2, 0) is 19.1 Å². The Morgan fingerprint density at radius 1 is 0.900 bits per heavy atom. The highest BCUT2D eigenvalue weighted by atomic mass is 16.5. The zero-order chi connectivity index (χ0) is 36.4. The first-order valence-corrected chi connectivity index (χ1v) is 20.6. The van der Waals surface area contributed by atoms with Gasteiger partial charge in [-0.15, -0.1) is 0 Å². The summed E-state index contributed by atoms with van der Waals surface area (Å²) in [5.41, 5.74) is -0.511. The number of nitrogens with one attached hydrogen (secondary N) is 1. The van der Waals surface area contributed by atoms with E-state index in [2.05, 4.69) is 65.7 Å². The molecule has 6 saturated carbocycles. The van der Waals surface area contributed by atoms with E-state index in [0.717, 1.165) is 32.2 Å². The van der Waals surface area contributed by atoms with E-state index in [0.29, 0.717) is 59.4 Å². The largest absolute Gasteiger partial charge is 0.481 e. The third-order valence-corrected chi connectivity index (χ3v) is 18.1. The van der Waals surface area contributed by atoms with Gasteiger partial charge in [-0.25, -0.2) is 0 Å². The summed E-state index contributed by atoms with van der Waals surface area (Å²) >= 11 is 0. The van der Waals surface area contributed by atoms with Crippen LogP contribution >= 0.6 is 0 Å². The topological polar surface area (TPSA) is 95.9 Å². The van der Waals surface area contributed by atoms with E-state index >= 15 is 0 Å². The van der Waals surface area contributed by atoms with Crippen LogP contribution in [0.25, 0.3) is 0 Å². The lowest BCUT2D eigenvalue weighted by Gasteiger charge is -2.73. The second kappa shape index (κ2) is 11.9. The number of esters is 1. The maximum Gasteiger partial charge on any atom is 0.309 e. The Morgan fingerprint density at radius 3 is 2.24 bits per heavy atom. The fourth-order valence-electron chi connectivity index (χ4n) is 15.1. The monoisotopic (exact) mass is 695 g/mol. The first kappa shape index (κ1) is 36.7. The summed E-state index contributed by atoms with van der Waals surface area (Å²) in [6.45, 7) is 21.7. The second-order valence-electron chi connectivity index (χ2n) is 21.5. The van der Waals surface area contributed by atoms with Crippen molar-refractivity contribution in [2.75, 3.05) is 13.6 Å². The molecule has 1 heterocycles. The molecule has 50 heavy (non-hydrogen) atoms. The lowest BCUT2D eigenvalue weighted by molar-refractivity contribution is -0.251. The van der Waals surface area contributed by atoms with Gasteiger partial charge in [0.15, 0.2) is 0 Å². The number of piperidine rings is 1. The molecule has 7 heteroatoms. The van der Waals surface area contributed by atoms with Crippen LogP contribution in [0.1, 0.15) is 146 Å². The van der Waals surface area contributed by atoms with Crippen molar-refractivity contribution in [1.82, 2.24) is 10.2 Å². The number of aliphatic carboxylic acids is 1. The molecule has 0 aromatic heterocycles. The van der Waals surface area contributed by atoms with Gasteiger partial charge in [-0.2, -0.15) is 0 Å². The number of nitrogens with zero attached hydrogens (tertiary/aromatic N) is 1. The summed E-state index contributed by atoms with van der Waals surface area (Å²) in [7, 11) is 2.22. The van der Waals surface area contributed by atoms with Crippen LogP contribution in [0.2, 0.25) is 0 Å². The average Bonchev–Trinajstić information content (AvgIpc) is 3.64. The quantitative estimate of drug-likeness (QED) is 0.248. The number of amides is 1. The Morgan fingerprint density at radius 2 is 1.62 bits per heavy atom. The van der Waals surface area contributed by atoms with Crippen molar-refractivity contribution in [1.29, 1.82) is 0 Å². The Balaban J connectivity index is 1.11. The Bertz CT molecular complexity index is 1390. The van der Waals surface area contributed by atoms with Gasteiger partial charge in [-0.05, 0) is 155 Å². The summed E-state index contributed by atoms with van der Waals surface area (Å²) in [5, 5.41) is 13.2. The Labute approximate surface area is 303 Å². The molecule has 7 fully saturated rings. The number of hydrogen-bond acceptors (Lipinski definition) is 5. The van der Waals surface area contributed by atoms with E-state index in [1.54, 1.807) is 13.8 Å². The van der Waals surface area contributed by atoms with Gasteiger partial charge < -0.3 is 20.1 Å². The van der Waals surface area contributed by atoms with Crippen molar-refractivity contribution in [3.05, 3.63) is 0 Å². The van der Waals surface area contributed by atoms with E-state index in [9.17, 15) is 19.5 Å². The molecular formula is C43H70N2O5. The first-order valence-electron chi connectivity index (χ1n) is 20.6. The lowest BCUT2D eigenvalue weighted by atomic mass is 9.32. The fourth-order valence-corrected chi connectivity index (χ4v) is 15.1. The molecule has 7 nitrogen and oxygen atoms in total. The number of likely N-dealkylation sites (tertiary alicyclic amines) is 1. The molecule has 0 radical (unpaired) electrons. The zero-order valence-electron chi connectivity index (χ0n) is 33.2. The summed E-state index contributed by atoms with van der Waals surface area (Å²) in [6, 6.07) is 1.03. The predicted octanol–water partition coefficient (Wildman–Crippen LogP) is 8.35. The van der Waals surface area contributed by atoms with E-state index in [1.807, 2.05) is 0 Å². The van der Waals surface area contributed by atoms with Gasteiger partial charge >= 0.3 is 11.9 Å². The summed E-state index contributed by atoms with van der Waals surface area (Å²) < 4.78 is 6.20. The van der Waals surface area contributed by atoms with Gasteiger partial charge in [-0.3, -0.25) is 14.4 Å². The van der Waals surface area contributed by atoms with Gasteiger partial charge in [-0.1, -0.05) is 48.5 Å². The van der Waals surface area contributed by atoms with Crippen molar-refractivity contribution in [3.63, 3.8) is 0 Å². The molecule has 0 aromatic carbocycles. The van der Waals surface area contributed by atoms with Crippen LogP contribution in [0.15, 0.2) is 0 Å². The van der Waals surface area contributed by atoms with Crippen molar-refractivity contribution >= 4 is 17.8 Å². The van der Waals surface area contributed by atoms with Gasteiger partial charge in [0.1, 0.15) is 6.10 Å². The standard InChI is InChI=1S/C43H70N2O5/c1-25(2)26-13-18-43(22-34(46)44-29-24-45(10)30-21-27(29)30)20-19-41(8)28(36(26)43)11-12-32-40(7)16-15-33(50-35(47)23-38(3,4)37(48)49)39(5,6)31(40)14-17-42(32,41)9/h25-33,36H,11-24H2,1-10H3,(H,44,46)(H,48,49)/t26-,27?,28+,29?,30?,31-,32+,33-,36+,40-,41+,42+,43+/m0/s1. The number of rotatable bonds is 8. The minimum Gasteiger partial charge on any atom is -0.481 e. The molecule has 1 saturated heterocycles. The minimum atomic E-state index is -1.13. The lowest BCUT2D eigenvalue weighted by Crippen LogP contribution is -2.67. The molecule has 7 rings (SSSR count). The number of fused-ring (bicyclic) bond motifs is 8. The van der Waals surface area contributed by atoms with Crippen LogP contribution in [-0.4, -0.2) is 59.6 Å². The van der Waals surface area contributed by atoms with Crippen molar-refractivity contribution in [3.8, 4) is 0 Å². The molecule has 0 spiro atoms. The van der Waals surface area contributed by atoms with E-state index in [4.69, 9.17) is 4.74 Å². The van der Waals surface area contributed by atoms with Gasteiger partial charge in [0.25, 0.3) is 0 Å². The van der Waals surface area contributed by atoms with Gasteiger partial charge in [0, 0.05) is 30.5 Å². The molecule has 1 aliphatic heterocycles. The molecule has 0 bridgehead atoms. The molecule has 13 atom stereocenters. The van der Waals surface area contributed by atoms with Crippen LogP contribution in [0.3, 0.4) is 0 Å². The molecule has 7 aliphatic rings. The number of ether oxygens (including phenoxy) is 1. The van der Waals surface area contributed by atoms with E-state index < -0.39 is 11.4 Å². The Hall–Kier alpha value is -1.63. The molecule has 0 aromatic rings. The van der Waals surface area contributed by atoms with Crippen molar-refractivity contribution < 1.29 is 24.2 Å². The average molecular weight is 695 g/mol. The highest BCUT2D eigenvalue weighted by Crippen LogP contribution is 2.78. The highest BCUT2D eigenvalue weighted by molar-refractivity contribution is 5.81. The van der Waals surface area contributed by atoms with E-state index in [1.165, 1.54) is 51.4 Å². The molecular weight excluding hydrogens is 624 g/mol. The number of carboxylic acids is 1. The fraction of sp³-hybridized carbons (Fsp3) is 0.930. The number of likely N-dealkylation sites (N-methyl/N-ethyl adjacent to an activating group) is 1. The third-order valence-electron chi connectivity index (χ3n) is 18.1. The number of carbonyl (C=O) groups excluding carboxylic acids is 2. The van der Waals surface area contributed by atoms with Crippen LogP contribution in [0.4, 0.5) is 0 Å². The number of carboxylic acid groups (broad SMARTS) is 1. The van der Waals surface area contributed by atoms with Gasteiger partial charge in [0.05, 0.1) is 11.8 Å². The molecule has 282 valence electrons. The summed E-state index contributed by atoms with van der Waals surface area (Å²) in [4.78, 5) is 41.2. The normalized spacial score (nSPS) is 47.7. The SMILES string of the molecule is CC(C)[C@@H]1CC[C@]2(CC(=O)NC3CN(C)C4CC34)CC[C@]3(C)[C@H](CC[C@@H]4[C@@]5(C)CC[C@H](OC(=O)CC(C)(C)C(=O)O)C(C)(C)[C@@H]5CC[C@]43C)[C@@H]12. The maximum atomic E-state index is 13.9. The smallest absolute Gasteiger partial charge is 0.309 e. The summed E-state index contributed by atoms with van der Waals surface area (Å²) in [6.07, 6.45) is 13.4. The summed E-state index contributed by atoms with van der Waals surface area (Å²) in [5.74, 6) is 3.35. The minimum absolute atomic E-state index is 0.0993. The third kappa shape index (κ3) is 5.37. The van der Waals surface area contributed by atoms with Crippen LogP contribution < -0.4 is 5.32 Å².